The van der Waals surface area contributed by atoms with Gasteiger partial charge in [-0.1, -0.05) is 45.0 Å². The van der Waals surface area contributed by atoms with Crippen molar-refractivity contribution in [3.8, 4) is 0 Å². The second-order valence-electron chi connectivity index (χ2n) is 5.02. The maximum absolute atomic E-state index is 5.17. The van der Waals surface area contributed by atoms with Gasteiger partial charge in [-0.3, -0.25) is 0 Å². The van der Waals surface area contributed by atoms with Crippen molar-refractivity contribution in [2.45, 2.75) is 39.7 Å². The molecular formula is C16H27NO. The molecule has 102 valence electrons. The molecule has 0 fully saturated rings. The highest BCUT2D eigenvalue weighted by atomic mass is 16.5. The number of methoxy groups -OCH3 is 1. The van der Waals surface area contributed by atoms with Crippen molar-refractivity contribution in [1.29, 1.82) is 0 Å². The topological polar surface area (TPSA) is 21.3 Å². The summed E-state index contributed by atoms with van der Waals surface area (Å²) in [5.41, 5.74) is 2.79. The normalized spacial score (nSPS) is 14.4. The van der Waals surface area contributed by atoms with E-state index in [4.69, 9.17) is 4.74 Å². The Hall–Kier alpha value is -0.860. The summed E-state index contributed by atoms with van der Waals surface area (Å²) in [6.07, 6.45) is 2.22. The highest BCUT2D eigenvalue weighted by molar-refractivity contribution is 5.25. The van der Waals surface area contributed by atoms with E-state index < -0.39 is 0 Å². The van der Waals surface area contributed by atoms with Gasteiger partial charge < -0.3 is 10.1 Å². The van der Waals surface area contributed by atoms with Crippen molar-refractivity contribution < 1.29 is 4.74 Å². The number of rotatable bonds is 8. The van der Waals surface area contributed by atoms with Gasteiger partial charge in [0, 0.05) is 26.3 Å². The fourth-order valence-electron chi connectivity index (χ4n) is 2.17. The Morgan fingerprint density at radius 1 is 1.17 bits per heavy atom. The number of benzene rings is 1. The zero-order chi connectivity index (χ0) is 13.4. The molecule has 0 spiro atoms. The summed E-state index contributed by atoms with van der Waals surface area (Å²) in [4.78, 5) is 0. The lowest BCUT2D eigenvalue weighted by Crippen LogP contribution is -2.27. The molecule has 1 rings (SSSR count). The molecule has 2 heteroatoms. The average Bonchev–Trinajstić information content (AvgIpc) is 2.40. The molecule has 0 heterocycles. The Bertz CT molecular complexity index is 320. The van der Waals surface area contributed by atoms with Gasteiger partial charge in [0.25, 0.3) is 0 Å². The maximum Gasteiger partial charge on any atom is 0.0499 e. The third-order valence-corrected chi connectivity index (χ3v) is 3.36. The number of nitrogens with one attached hydrogen (secondary N) is 1. The van der Waals surface area contributed by atoms with Crippen LogP contribution in [0.4, 0.5) is 0 Å². The van der Waals surface area contributed by atoms with E-state index >= 15 is 0 Å². The molecule has 0 saturated carbocycles. The summed E-state index contributed by atoms with van der Waals surface area (Å²) in [5, 5.41) is 3.63. The molecule has 2 atom stereocenters. The van der Waals surface area contributed by atoms with Crippen LogP contribution < -0.4 is 5.32 Å². The molecule has 1 aromatic rings. The summed E-state index contributed by atoms with van der Waals surface area (Å²) in [7, 11) is 1.76. The molecule has 0 aliphatic rings. The molecule has 0 amide bonds. The predicted molar refractivity (Wildman–Crippen MR) is 77.9 cm³/mol. The molecule has 2 nitrogen and oxygen atoms in total. The van der Waals surface area contributed by atoms with Crippen molar-refractivity contribution >= 4 is 0 Å². The Morgan fingerprint density at radius 2 is 1.83 bits per heavy atom. The standard InChI is InChI=1S/C16H27NO/c1-5-14-7-9-15(10-8-14)16(6-2)17-11-13(3)12-18-4/h7-10,13,16-17H,5-6,11-12H2,1-4H3. The minimum absolute atomic E-state index is 0.454. The number of hydrogen-bond acceptors (Lipinski definition) is 2. The molecule has 0 aromatic heterocycles. The summed E-state index contributed by atoms with van der Waals surface area (Å²) in [6, 6.07) is 9.42. The molecule has 0 aliphatic heterocycles. The number of ether oxygens (including phenoxy) is 1. The first-order valence-corrected chi connectivity index (χ1v) is 7.02. The third-order valence-electron chi connectivity index (χ3n) is 3.36. The van der Waals surface area contributed by atoms with E-state index in [0.29, 0.717) is 12.0 Å². The van der Waals surface area contributed by atoms with Gasteiger partial charge in [0.15, 0.2) is 0 Å². The van der Waals surface area contributed by atoms with Crippen LogP contribution in [-0.2, 0) is 11.2 Å². The molecule has 1 aromatic carbocycles. The van der Waals surface area contributed by atoms with Crippen molar-refractivity contribution in [3.05, 3.63) is 35.4 Å². The van der Waals surface area contributed by atoms with Crippen LogP contribution >= 0.6 is 0 Å². The molecule has 1 N–H and O–H groups in total. The first kappa shape index (κ1) is 15.2. The Morgan fingerprint density at radius 3 is 2.33 bits per heavy atom. The van der Waals surface area contributed by atoms with Gasteiger partial charge in [0.1, 0.15) is 0 Å². The Balaban J connectivity index is 2.53. The smallest absolute Gasteiger partial charge is 0.0499 e. The van der Waals surface area contributed by atoms with E-state index in [0.717, 1.165) is 26.0 Å². The van der Waals surface area contributed by atoms with Gasteiger partial charge in [0.05, 0.1) is 0 Å². The average molecular weight is 249 g/mol. The van der Waals surface area contributed by atoms with Crippen LogP contribution in [0.2, 0.25) is 0 Å². The van der Waals surface area contributed by atoms with E-state index in [2.05, 4.69) is 50.4 Å². The molecule has 18 heavy (non-hydrogen) atoms. The maximum atomic E-state index is 5.17. The lowest BCUT2D eigenvalue weighted by atomic mass is 10.0. The van der Waals surface area contributed by atoms with Crippen LogP contribution in [0.5, 0.6) is 0 Å². The van der Waals surface area contributed by atoms with Gasteiger partial charge in [-0.15, -0.1) is 0 Å². The lowest BCUT2D eigenvalue weighted by molar-refractivity contribution is 0.156. The van der Waals surface area contributed by atoms with E-state index in [9.17, 15) is 0 Å². The minimum Gasteiger partial charge on any atom is -0.384 e. The van der Waals surface area contributed by atoms with E-state index in [1.165, 1.54) is 11.1 Å². The second-order valence-corrected chi connectivity index (χ2v) is 5.02. The molecule has 0 saturated heterocycles. The van der Waals surface area contributed by atoms with E-state index in [-0.39, 0.29) is 0 Å². The monoisotopic (exact) mass is 249 g/mol. The molecule has 0 aliphatic carbocycles. The lowest BCUT2D eigenvalue weighted by Gasteiger charge is -2.20. The Kier molecular flexibility index (Phi) is 6.99. The Labute approximate surface area is 112 Å². The van der Waals surface area contributed by atoms with Crippen LogP contribution in [0.1, 0.15) is 44.4 Å². The van der Waals surface area contributed by atoms with Crippen molar-refractivity contribution in [2.24, 2.45) is 5.92 Å². The zero-order valence-corrected chi connectivity index (χ0v) is 12.2. The quantitative estimate of drug-likeness (QED) is 0.760. The first-order chi connectivity index (χ1) is 8.71. The predicted octanol–water partition coefficient (Wildman–Crippen LogP) is 3.57. The highest BCUT2D eigenvalue weighted by Crippen LogP contribution is 2.17. The minimum atomic E-state index is 0.454. The second kappa shape index (κ2) is 8.28. The highest BCUT2D eigenvalue weighted by Gasteiger charge is 2.10. The molecule has 2 unspecified atom stereocenters. The van der Waals surface area contributed by atoms with Crippen LogP contribution in [0.25, 0.3) is 0 Å². The zero-order valence-electron chi connectivity index (χ0n) is 12.2. The van der Waals surface area contributed by atoms with Gasteiger partial charge in [-0.2, -0.15) is 0 Å². The van der Waals surface area contributed by atoms with Crippen molar-refractivity contribution in [3.63, 3.8) is 0 Å². The van der Waals surface area contributed by atoms with Crippen molar-refractivity contribution in [2.75, 3.05) is 20.3 Å². The van der Waals surface area contributed by atoms with Gasteiger partial charge >= 0.3 is 0 Å². The van der Waals surface area contributed by atoms with Crippen LogP contribution in [0.15, 0.2) is 24.3 Å². The summed E-state index contributed by atoms with van der Waals surface area (Å²) < 4.78 is 5.17. The first-order valence-electron chi connectivity index (χ1n) is 7.02. The van der Waals surface area contributed by atoms with Crippen molar-refractivity contribution in [1.82, 2.24) is 5.32 Å². The SMILES string of the molecule is CCc1ccc(C(CC)NCC(C)COC)cc1. The fourth-order valence-corrected chi connectivity index (χ4v) is 2.17. The van der Waals surface area contributed by atoms with Gasteiger partial charge in [0.2, 0.25) is 0 Å². The van der Waals surface area contributed by atoms with Gasteiger partial charge in [-0.25, -0.2) is 0 Å². The van der Waals surface area contributed by atoms with Crippen LogP contribution in [0.3, 0.4) is 0 Å². The van der Waals surface area contributed by atoms with E-state index in [1.54, 1.807) is 7.11 Å². The third kappa shape index (κ3) is 4.79. The number of aryl methyl sites for hydroxylation is 1. The molecule has 0 radical (unpaired) electrons. The van der Waals surface area contributed by atoms with Crippen LogP contribution in [0, 0.1) is 5.92 Å². The van der Waals surface area contributed by atoms with Gasteiger partial charge in [-0.05, 0) is 29.9 Å². The van der Waals surface area contributed by atoms with E-state index in [1.807, 2.05) is 0 Å². The summed E-state index contributed by atoms with van der Waals surface area (Å²) in [6.45, 7) is 8.45. The summed E-state index contributed by atoms with van der Waals surface area (Å²) >= 11 is 0. The molecule has 0 bridgehead atoms. The summed E-state index contributed by atoms with van der Waals surface area (Å²) in [5.74, 6) is 0.555. The molecular weight excluding hydrogens is 222 g/mol. The largest absolute Gasteiger partial charge is 0.384 e. The van der Waals surface area contributed by atoms with Crippen LogP contribution in [-0.4, -0.2) is 20.3 Å². The number of hydrogen-bond donors (Lipinski definition) is 1. The fraction of sp³-hybridized carbons (Fsp3) is 0.625.